The Hall–Kier alpha value is -4.44. The van der Waals surface area contributed by atoms with Crippen molar-refractivity contribution in [2.24, 2.45) is 4.99 Å². The number of aliphatic imine (C=N–C) groups is 1. The van der Waals surface area contributed by atoms with E-state index in [4.69, 9.17) is 9.47 Å². The number of hydrogen-bond acceptors (Lipinski definition) is 7. The third-order valence-electron chi connectivity index (χ3n) is 5.33. The lowest BCUT2D eigenvalue weighted by molar-refractivity contribution is -0.384. The predicted octanol–water partition coefficient (Wildman–Crippen LogP) is 6.33. The number of nitro groups is 1. The molecule has 1 amide bonds. The number of nitro benzene ring substituents is 1. The molecule has 0 saturated carbocycles. The fourth-order valence-corrected chi connectivity index (χ4v) is 4.52. The lowest BCUT2D eigenvalue weighted by Gasteiger charge is -2.17. The molecule has 4 rings (SSSR count). The Bertz CT molecular complexity index is 1440. The highest BCUT2D eigenvalue weighted by Crippen LogP contribution is 2.37. The lowest BCUT2D eigenvalue weighted by Crippen LogP contribution is -2.19. The number of thioether (sulfide) groups is 1. The average Bonchev–Trinajstić information content (AvgIpc) is 3.23. The number of ether oxygens (including phenoxy) is 2. The van der Waals surface area contributed by atoms with Gasteiger partial charge in [-0.3, -0.25) is 14.9 Å². The van der Waals surface area contributed by atoms with Gasteiger partial charge in [0.25, 0.3) is 11.6 Å². The van der Waals surface area contributed by atoms with Crippen molar-refractivity contribution >= 4 is 40.3 Å². The Balaban J connectivity index is 1.61. The van der Waals surface area contributed by atoms with Crippen molar-refractivity contribution in [1.29, 1.82) is 0 Å². The van der Waals surface area contributed by atoms with Crippen LogP contribution >= 0.6 is 11.8 Å². The SMILES string of the molecule is C=CCc1cc(/C=C2/SC(=Nc3ccc(F)cc3)NC2=O)cc(OCC)c1OCc1cccc([N+](=O)[O-])c1. The summed E-state index contributed by atoms with van der Waals surface area (Å²) in [7, 11) is 0. The summed E-state index contributed by atoms with van der Waals surface area (Å²) in [6.45, 7) is 6.16. The highest BCUT2D eigenvalue weighted by Gasteiger charge is 2.24. The number of nitrogens with zero attached hydrogens (tertiary/aromatic N) is 2. The quantitative estimate of drug-likeness (QED) is 0.141. The van der Waals surface area contributed by atoms with E-state index in [1.54, 1.807) is 30.4 Å². The van der Waals surface area contributed by atoms with Crippen LogP contribution < -0.4 is 14.8 Å². The molecule has 10 heteroatoms. The molecule has 1 fully saturated rings. The van der Waals surface area contributed by atoms with Gasteiger partial charge < -0.3 is 14.8 Å². The molecule has 0 radical (unpaired) electrons. The van der Waals surface area contributed by atoms with Crippen molar-refractivity contribution in [2.75, 3.05) is 6.61 Å². The van der Waals surface area contributed by atoms with Gasteiger partial charge in [0.1, 0.15) is 12.4 Å². The summed E-state index contributed by atoms with van der Waals surface area (Å²) in [6, 6.07) is 15.6. The van der Waals surface area contributed by atoms with Gasteiger partial charge in [-0.1, -0.05) is 18.2 Å². The Morgan fingerprint density at radius 2 is 1.95 bits per heavy atom. The number of benzene rings is 3. The number of carbonyl (C=O) groups is 1. The Morgan fingerprint density at radius 3 is 2.66 bits per heavy atom. The third-order valence-corrected chi connectivity index (χ3v) is 6.24. The topological polar surface area (TPSA) is 103 Å². The largest absolute Gasteiger partial charge is 0.490 e. The van der Waals surface area contributed by atoms with E-state index in [0.717, 1.165) is 5.56 Å². The van der Waals surface area contributed by atoms with Gasteiger partial charge >= 0.3 is 0 Å². The van der Waals surface area contributed by atoms with E-state index in [1.807, 2.05) is 13.0 Å². The molecule has 0 spiro atoms. The fourth-order valence-electron chi connectivity index (χ4n) is 3.68. The maximum Gasteiger partial charge on any atom is 0.269 e. The van der Waals surface area contributed by atoms with Crippen molar-refractivity contribution in [3.05, 3.63) is 111 Å². The zero-order valence-corrected chi connectivity index (χ0v) is 21.3. The van der Waals surface area contributed by atoms with Crippen LogP contribution in [-0.2, 0) is 17.8 Å². The molecular formula is C28H24FN3O5S. The van der Waals surface area contributed by atoms with Crippen molar-refractivity contribution in [3.8, 4) is 11.5 Å². The summed E-state index contributed by atoms with van der Waals surface area (Å²) in [5.41, 5.74) is 2.65. The van der Waals surface area contributed by atoms with E-state index in [2.05, 4.69) is 16.9 Å². The highest BCUT2D eigenvalue weighted by atomic mass is 32.2. The minimum absolute atomic E-state index is 0.0147. The molecule has 0 bridgehead atoms. The normalized spacial score (nSPS) is 14.9. The van der Waals surface area contributed by atoms with Crippen LogP contribution in [0, 0.1) is 15.9 Å². The molecule has 1 heterocycles. The first-order chi connectivity index (χ1) is 18.4. The Kier molecular flexibility index (Phi) is 8.55. The van der Waals surface area contributed by atoms with Crippen LogP contribution in [0.2, 0.25) is 0 Å². The molecule has 38 heavy (non-hydrogen) atoms. The van der Waals surface area contributed by atoms with Crippen molar-refractivity contribution in [2.45, 2.75) is 20.0 Å². The van der Waals surface area contributed by atoms with Gasteiger partial charge in [-0.25, -0.2) is 9.38 Å². The fraction of sp³-hybridized carbons (Fsp3) is 0.143. The van der Waals surface area contributed by atoms with E-state index in [-0.39, 0.29) is 24.0 Å². The molecular weight excluding hydrogens is 509 g/mol. The molecule has 3 aromatic rings. The number of rotatable bonds is 10. The van der Waals surface area contributed by atoms with Gasteiger partial charge in [0, 0.05) is 17.7 Å². The van der Waals surface area contributed by atoms with Crippen molar-refractivity contribution in [3.63, 3.8) is 0 Å². The monoisotopic (exact) mass is 533 g/mol. The lowest BCUT2D eigenvalue weighted by atomic mass is 10.0. The van der Waals surface area contributed by atoms with Crippen LogP contribution in [0.25, 0.3) is 6.08 Å². The van der Waals surface area contributed by atoms with Crippen molar-refractivity contribution in [1.82, 2.24) is 5.32 Å². The smallest absolute Gasteiger partial charge is 0.269 e. The van der Waals surface area contributed by atoms with Crippen LogP contribution in [0.5, 0.6) is 11.5 Å². The first-order valence-corrected chi connectivity index (χ1v) is 12.5. The number of hydrogen-bond donors (Lipinski definition) is 1. The van der Waals surface area contributed by atoms with Gasteiger partial charge in [-0.2, -0.15) is 0 Å². The minimum Gasteiger partial charge on any atom is -0.490 e. The molecule has 3 aromatic carbocycles. The highest BCUT2D eigenvalue weighted by molar-refractivity contribution is 8.18. The maximum absolute atomic E-state index is 13.2. The molecule has 0 unspecified atom stereocenters. The first-order valence-electron chi connectivity index (χ1n) is 11.7. The van der Waals surface area contributed by atoms with Crippen LogP contribution in [0.4, 0.5) is 15.8 Å². The van der Waals surface area contributed by atoms with Crippen LogP contribution in [0.15, 0.2) is 83.2 Å². The van der Waals surface area contributed by atoms with E-state index in [0.29, 0.717) is 51.4 Å². The van der Waals surface area contributed by atoms with E-state index in [1.165, 1.54) is 48.2 Å². The molecule has 0 aliphatic carbocycles. The second-order valence-electron chi connectivity index (χ2n) is 8.11. The van der Waals surface area contributed by atoms with Gasteiger partial charge in [-0.05, 0) is 78.7 Å². The molecule has 1 saturated heterocycles. The minimum atomic E-state index is -0.451. The number of allylic oxidation sites excluding steroid dienone is 1. The molecule has 8 nitrogen and oxygen atoms in total. The molecule has 194 valence electrons. The summed E-state index contributed by atoms with van der Waals surface area (Å²) in [6.07, 6.45) is 3.93. The molecule has 0 atom stereocenters. The number of non-ortho nitro benzene ring substituents is 1. The molecule has 1 N–H and O–H groups in total. The standard InChI is InChI=1S/C28H24FN3O5S/c1-3-6-20-13-19(16-25-27(33)31-28(38-25)30-22-11-9-21(29)10-12-22)15-24(36-4-2)26(20)37-17-18-7-5-8-23(14-18)32(34)35/h3,5,7-16H,1,4,6,17H2,2H3,(H,30,31,33)/b25-16+. The van der Waals surface area contributed by atoms with E-state index < -0.39 is 4.92 Å². The summed E-state index contributed by atoms with van der Waals surface area (Å²) >= 11 is 1.18. The number of amides is 1. The van der Waals surface area contributed by atoms with Gasteiger partial charge in [0.15, 0.2) is 16.7 Å². The molecule has 1 aliphatic heterocycles. The van der Waals surface area contributed by atoms with Crippen molar-refractivity contribution < 1.29 is 23.6 Å². The zero-order chi connectivity index (χ0) is 27.1. The van der Waals surface area contributed by atoms with Crippen LogP contribution in [0.1, 0.15) is 23.6 Å². The maximum atomic E-state index is 13.2. The van der Waals surface area contributed by atoms with E-state index >= 15 is 0 Å². The predicted molar refractivity (Wildman–Crippen MR) is 146 cm³/mol. The molecule has 0 aromatic heterocycles. The third kappa shape index (κ3) is 6.65. The average molecular weight is 534 g/mol. The second kappa shape index (κ2) is 12.2. The van der Waals surface area contributed by atoms with Crippen LogP contribution in [-0.4, -0.2) is 22.6 Å². The summed E-state index contributed by atoms with van der Waals surface area (Å²) in [4.78, 5) is 28.0. The van der Waals surface area contributed by atoms with E-state index in [9.17, 15) is 19.3 Å². The Morgan fingerprint density at radius 1 is 1.16 bits per heavy atom. The zero-order valence-electron chi connectivity index (χ0n) is 20.5. The first kappa shape index (κ1) is 26.6. The number of carbonyl (C=O) groups excluding carboxylic acids is 1. The van der Waals surface area contributed by atoms with Crippen LogP contribution in [0.3, 0.4) is 0 Å². The number of nitrogens with one attached hydrogen (secondary N) is 1. The molecule has 1 aliphatic rings. The van der Waals surface area contributed by atoms with Gasteiger partial charge in [0.2, 0.25) is 0 Å². The second-order valence-corrected chi connectivity index (χ2v) is 9.14. The Labute approximate surface area is 223 Å². The van der Waals surface area contributed by atoms with Gasteiger partial charge in [-0.15, -0.1) is 6.58 Å². The summed E-state index contributed by atoms with van der Waals surface area (Å²) < 4.78 is 25.1. The number of amidine groups is 1. The number of halogens is 1. The summed E-state index contributed by atoms with van der Waals surface area (Å²) in [5.74, 6) is 0.316. The summed E-state index contributed by atoms with van der Waals surface area (Å²) in [5, 5.41) is 14.2. The van der Waals surface area contributed by atoms with Gasteiger partial charge in [0.05, 0.1) is 22.1 Å².